The van der Waals surface area contributed by atoms with Crippen molar-refractivity contribution < 1.29 is 22.6 Å². The second-order valence-electron chi connectivity index (χ2n) is 6.86. The Kier molecular flexibility index (Phi) is 5.60. The zero-order valence-electron chi connectivity index (χ0n) is 16.9. The van der Waals surface area contributed by atoms with Crippen LogP contribution in [0.25, 0.3) is 17.1 Å². The third-order valence-electron chi connectivity index (χ3n) is 4.50. The van der Waals surface area contributed by atoms with E-state index in [1.54, 1.807) is 12.1 Å². The Morgan fingerprint density at radius 2 is 1.94 bits per heavy atom. The van der Waals surface area contributed by atoms with Gasteiger partial charge in [-0.25, -0.2) is 10.1 Å². The number of aromatic nitrogens is 5. The van der Waals surface area contributed by atoms with Crippen LogP contribution in [0.5, 0.6) is 0 Å². The zero-order chi connectivity index (χ0) is 23.6. The fraction of sp³-hybridized carbons (Fsp3) is 0.100. The lowest BCUT2D eigenvalue weighted by Gasteiger charge is -2.07. The Hall–Kier alpha value is -4.55. The lowest BCUT2D eigenvalue weighted by molar-refractivity contribution is -0.137. The zero-order valence-corrected chi connectivity index (χ0v) is 16.9. The number of nitrogens with two attached hydrogens (primary N) is 1. The van der Waals surface area contributed by atoms with Gasteiger partial charge >= 0.3 is 6.18 Å². The number of carbonyl (C=O) groups is 1. The van der Waals surface area contributed by atoms with Crippen LogP contribution in [0.1, 0.15) is 27.2 Å². The first kappa shape index (κ1) is 21.7. The van der Waals surface area contributed by atoms with E-state index >= 15 is 0 Å². The van der Waals surface area contributed by atoms with Crippen LogP contribution in [0, 0.1) is 6.92 Å². The number of halogens is 3. The SMILES string of the molecule is Cc1ccc(-c2c(C(=O)NN=Cc3cccc(C(F)(F)F)c3)nnn2-c2nonc2N)cc1. The van der Waals surface area contributed by atoms with Crippen molar-refractivity contribution in [3.05, 3.63) is 70.9 Å². The average molecular weight is 456 g/mol. The van der Waals surface area contributed by atoms with Gasteiger partial charge in [0, 0.05) is 5.56 Å². The number of rotatable bonds is 5. The van der Waals surface area contributed by atoms with Crippen LogP contribution >= 0.6 is 0 Å². The molecule has 0 radical (unpaired) electrons. The predicted octanol–water partition coefficient (Wildman–Crippen LogP) is 2.99. The number of alkyl halides is 3. The number of aryl methyl sites for hydroxylation is 1. The number of carbonyl (C=O) groups excluding carboxylic acids is 1. The molecule has 2 aromatic heterocycles. The molecule has 2 aromatic carbocycles. The van der Waals surface area contributed by atoms with Crippen LogP contribution < -0.4 is 11.2 Å². The van der Waals surface area contributed by atoms with Crippen molar-refractivity contribution in [2.75, 3.05) is 5.73 Å². The van der Waals surface area contributed by atoms with Gasteiger partial charge in [0.05, 0.1) is 11.8 Å². The maximum Gasteiger partial charge on any atom is 0.416 e. The minimum Gasteiger partial charge on any atom is -0.378 e. The number of amides is 1. The molecule has 0 fully saturated rings. The molecule has 3 N–H and O–H groups in total. The monoisotopic (exact) mass is 456 g/mol. The third kappa shape index (κ3) is 4.56. The van der Waals surface area contributed by atoms with Gasteiger partial charge in [0.25, 0.3) is 5.91 Å². The Labute approximate surface area is 183 Å². The molecule has 4 aromatic rings. The molecule has 0 bridgehead atoms. The number of hydrazone groups is 1. The molecule has 4 rings (SSSR count). The third-order valence-corrected chi connectivity index (χ3v) is 4.50. The first-order chi connectivity index (χ1) is 15.7. The number of benzene rings is 2. The minimum absolute atomic E-state index is 0.0320. The number of nitrogens with one attached hydrogen (secondary N) is 1. The number of nitrogens with zero attached hydrogens (tertiary/aromatic N) is 6. The van der Waals surface area contributed by atoms with E-state index in [4.69, 9.17) is 5.73 Å². The van der Waals surface area contributed by atoms with Crippen LogP contribution in [-0.4, -0.2) is 37.4 Å². The summed E-state index contributed by atoms with van der Waals surface area (Å²) in [6.45, 7) is 1.90. The fourth-order valence-corrected chi connectivity index (χ4v) is 2.90. The van der Waals surface area contributed by atoms with Gasteiger partial charge in [-0.2, -0.15) is 23.0 Å². The molecule has 2 heterocycles. The standard InChI is InChI=1S/C20H15F3N8O2/c1-11-5-7-13(8-6-11)16-15(26-30-31(16)18-17(24)28-33-29-18)19(32)27-25-10-12-3-2-4-14(9-12)20(21,22)23/h2-10H,1H3,(H2,24,28)(H,27,32). The van der Waals surface area contributed by atoms with E-state index in [9.17, 15) is 18.0 Å². The molecule has 1 amide bonds. The van der Waals surface area contributed by atoms with Gasteiger partial charge in [-0.15, -0.1) is 5.10 Å². The van der Waals surface area contributed by atoms with Crippen molar-refractivity contribution in [3.63, 3.8) is 0 Å². The number of hydrogen-bond donors (Lipinski definition) is 2. The molecular formula is C20H15F3N8O2. The van der Waals surface area contributed by atoms with Crippen LogP contribution in [0.3, 0.4) is 0 Å². The molecule has 0 atom stereocenters. The number of anilines is 1. The summed E-state index contributed by atoms with van der Waals surface area (Å²) in [5, 5.41) is 18.8. The van der Waals surface area contributed by atoms with E-state index in [2.05, 4.69) is 35.8 Å². The lowest BCUT2D eigenvalue weighted by Crippen LogP contribution is -2.19. The maximum absolute atomic E-state index is 12.9. The summed E-state index contributed by atoms with van der Waals surface area (Å²) < 4.78 is 44.4. The number of nitrogen functional groups attached to an aromatic ring is 1. The summed E-state index contributed by atoms with van der Waals surface area (Å²) in [5.41, 5.74) is 8.98. The van der Waals surface area contributed by atoms with Crippen LogP contribution in [-0.2, 0) is 6.18 Å². The molecule has 0 saturated carbocycles. The van der Waals surface area contributed by atoms with Gasteiger partial charge in [0.1, 0.15) is 5.69 Å². The molecule has 0 aliphatic rings. The normalized spacial score (nSPS) is 11.8. The fourth-order valence-electron chi connectivity index (χ4n) is 2.90. The molecule has 0 aliphatic carbocycles. The summed E-state index contributed by atoms with van der Waals surface area (Å²) in [5.74, 6) is -0.789. The van der Waals surface area contributed by atoms with Crippen molar-refractivity contribution in [2.24, 2.45) is 5.10 Å². The minimum atomic E-state index is -4.49. The molecule has 0 aliphatic heterocycles. The molecule has 33 heavy (non-hydrogen) atoms. The van der Waals surface area contributed by atoms with Crippen LogP contribution in [0.2, 0.25) is 0 Å². The van der Waals surface area contributed by atoms with E-state index in [1.807, 2.05) is 19.1 Å². The second-order valence-corrected chi connectivity index (χ2v) is 6.86. The smallest absolute Gasteiger partial charge is 0.378 e. The summed E-state index contributed by atoms with van der Waals surface area (Å²) in [7, 11) is 0. The highest BCUT2D eigenvalue weighted by molar-refractivity contribution is 5.98. The lowest BCUT2D eigenvalue weighted by atomic mass is 10.1. The second kappa shape index (κ2) is 8.53. The van der Waals surface area contributed by atoms with E-state index in [1.165, 1.54) is 16.8 Å². The topological polar surface area (TPSA) is 137 Å². The molecule has 0 saturated heterocycles. The van der Waals surface area contributed by atoms with Crippen molar-refractivity contribution in [1.82, 2.24) is 30.7 Å². The molecule has 13 heteroatoms. The van der Waals surface area contributed by atoms with Gasteiger partial charge in [-0.3, -0.25) is 4.79 Å². The van der Waals surface area contributed by atoms with Gasteiger partial charge in [0.2, 0.25) is 11.6 Å². The van der Waals surface area contributed by atoms with Crippen molar-refractivity contribution in [2.45, 2.75) is 13.1 Å². The van der Waals surface area contributed by atoms with E-state index < -0.39 is 17.6 Å². The summed E-state index contributed by atoms with van der Waals surface area (Å²) in [6.07, 6.45) is -3.41. The Morgan fingerprint density at radius 3 is 2.61 bits per heavy atom. The quantitative estimate of drug-likeness (QED) is 0.348. The van der Waals surface area contributed by atoms with Gasteiger partial charge in [-0.05, 0) is 34.9 Å². The summed E-state index contributed by atoms with van der Waals surface area (Å²) in [4.78, 5) is 12.8. The van der Waals surface area contributed by atoms with Crippen molar-refractivity contribution in [1.29, 1.82) is 0 Å². The highest BCUT2D eigenvalue weighted by atomic mass is 19.4. The highest BCUT2D eigenvalue weighted by Gasteiger charge is 2.30. The molecule has 168 valence electrons. The van der Waals surface area contributed by atoms with Crippen molar-refractivity contribution in [3.8, 4) is 17.1 Å². The molecular weight excluding hydrogens is 441 g/mol. The van der Waals surface area contributed by atoms with Crippen molar-refractivity contribution >= 4 is 17.9 Å². The summed E-state index contributed by atoms with van der Waals surface area (Å²) in [6, 6.07) is 11.6. The largest absolute Gasteiger partial charge is 0.416 e. The molecule has 0 spiro atoms. The Morgan fingerprint density at radius 1 is 1.18 bits per heavy atom. The Bertz CT molecular complexity index is 1330. The Balaban J connectivity index is 1.64. The van der Waals surface area contributed by atoms with E-state index in [-0.39, 0.29) is 28.6 Å². The van der Waals surface area contributed by atoms with E-state index in [0.717, 1.165) is 23.9 Å². The predicted molar refractivity (Wildman–Crippen MR) is 110 cm³/mol. The first-order valence-electron chi connectivity index (χ1n) is 9.36. The average Bonchev–Trinajstić information content (AvgIpc) is 3.40. The highest BCUT2D eigenvalue weighted by Crippen LogP contribution is 2.29. The van der Waals surface area contributed by atoms with Gasteiger partial charge in [-0.1, -0.05) is 47.2 Å². The number of hydrogen-bond acceptors (Lipinski definition) is 8. The van der Waals surface area contributed by atoms with E-state index in [0.29, 0.717) is 5.56 Å². The maximum atomic E-state index is 12.9. The molecule has 10 nitrogen and oxygen atoms in total. The first-order valence-corrected chi connectivity index (χ1v) is 9.36. The summed E-state index contributed by atoms with van der Waals surface area (Å²) >= 11 is 0. The van der Waals surface area contributed by atoms with Gasteiger partial charge in [0.15, 0.2) is 5.69 Å². The van der Waals surface area contributed by atoms with Crippen LogP contribution in [0.4, 0.5) is 19.0 Å². The molecule has 0 unspecified atom stereocenters. The van der Waals surface area contributed by atoms with Crippen LogP contribution in [0.15, 0.2) is 58.3 Å². The van der Waals surface area contributed by atoms with Gasteiger partial charge < -0.3 is 5.73 Å².